The lowest BCUT2D eigenvalue weighted by atomic mass is 10.7. The molecule has 0 spiro atoms. The van der Waals surface area contributed by atoms with Crippen molar-refractivity contribution in [2.75, 3.05) is 0 Å². The minimum Gasteiger partial charge on any atom is -0.252 e. The molecule has 7 heteroatoms. The van der Waals surface area contributed by atoms with E-state index in [9.17, 15) is 22.0 Å². The second-order valence-electron chi connectivity index (χ2n) is 1.25. The van der Waals surface area contributed by atoms with Gasteiger partial charge in [-0.3, -0.25) is 4.74 Å². The Bertz CT molecular complexity index is 102. The molecule has 10 heavy (non-hydrogen) atoms. The van der Waals surface area contributed by atoms with E-state index in [0.29, 0.717) is 0 Å². The minimum atomic E-state index is -5.20. The van der Waals surface area contributed by atoms with E-state index in [1.165, 1.54) is 0 Å². The number of alkyl halides is 6. The average Bonchev–Trinajstić information content (AvgIpc) is 1.60. The van der Waals surface area contributed by atoms with Crippen LogP contribution in [0.3, 0.4) is 0 Å². The Balaban J connectivity index is 3.68. The third-order valence-corrected chi connectivity index (χ3v) is 0.642. The second-order valence-corrected chi connectivity index (χ2v) is 1.67. The van der Waals surface area contributed by atoms with Gasteiger partial charge in [-0.2, -0.15) is 0 Å². The highest BCUT2D eigenvalue weighted by Gasteiger charge is 2.36. The third-order valence-electron chi connectivity index (χ3n) is 0.444. The topological polar surface area (TPSA) is 9.23 Å². The molecule has 0 amide bonds. The molecule has 0 aromatic heterocycles. The number of hydrogen-bond donors (Lipinski definition) is 0. The smallest absolute Gasteiger partial charge is 0.252 e. The normalized spacial score (nSPS) is 18.6. The summed E-state index contributed by atoms with van der Waals surface area (Å²) >= 11 is 4.27. The Morgan fingerprint density at radius 3 is 1.70 bits per heavy atom. The second kappa shape index (κ2) is 3.34. The van der Waals surface area contributed by atoms with Crippen molar-refractivity contribution in [3.8, 4) is 0 Å². The van der Waals surface area contributed by atoms with Gasteiger partial charge >= 0.3 is 6.36 Å². The Labute approximate surface area is 57.7 Å². The SMILES string of the molecule is FC(Cl)C(F)OC(F)(F)F. The fourth-order valence-corrected chi connectivity index (χ4v) is 0.231. The Morgan fingerprint density at radius 1 is 1.20 bits per heavy atom. The summed E-state index contributed by atoms with van der Waals surface area (Å²) in [5.41, 5.74) is -2.80. The molecule has 0 heterocycles. The summed E-state index contributed by atoms with van der Waals surface area (Å²) in [6.07, 6.45) is -8.36. The quantitative estimate of drug-likeness (QED) is 0.473. The zero-order chi connectivity index (χ0) is 8.36. The van der Waals surface area contributed by atoms with Gasteiger partial charge in [-0.05, 0) is 0 Å². The molecule has 2 atom stereocenters. The molecule has 0 aliphatic carbocycles. The van der Waals surface area contributed by atoms with Gasteiger partial charge in [-0.1, -0.05) is 11.6 Å². The van der Waals surface area contributed by atoms with E-state index in [1.807, 2.05) is 0 Å². The predicted octanol–water partition coefficient (Wildman–Crippen LogP) is 2.35. The summed E-state index contributed by atoms with van der Waals surface area (Å²) in [5.74, 6) is 0. The standard InChI is InChI=1S/C3H2ClF5O/c4-1(5)2(6)10-3(7,8)9/h1-2H. The zero-order valence-electron chi connectivity index (χ0n) is 4.33. The highest BCUT2D eigenvalue weighted by atomic mass is 35.5. The lowest BCUT2D eigenvalue weighted by molar-refractivity contribution is -0.363. The van der Waals surface area contributed by atoms with Crippen molar-refractivity contribution < 1.29 is 26.7 Å². The molecule has 0 rings (SSSR count). The van der Waals surface area contributed by atoms with E-state index < -0.39 is 18.4 Å². The largest absolute Gasteiger partial charge is 0.525 e. The maximum absolute atomic E-state index is 11.6. The summed E-state index contributed by atoms with van der Waals surface area (Å²) < 4.78 is 58.4. The van der Waals surface area contributed by atoms with Crippen LogP contribution in [0.2, 0.25) is 0 Å². The maximum Gasteiger partial charge on any atom is 0.525 e. The molecule has 0 bridgehead atoms. The average molecular weight is 184 g/mol. The molecular formula is C3H2ClF5O. The fourth-order valence-electron chi connectivity index (χ4n) is 0.179. The van der Waals surface area contributed by atoms with Crippen molar-refractivity contribution in [3.63, 3.8) is 0 Å². The van der Waals surface area contributed by atoms with Gasteiger partial charge in [0.1, 0.15) is 0 Å². The van der Waals surface area contributed by atoms with Crippen molar-refractivity contribution in [2.45, 2.75) is 18.4 Å². The first-order chi connectivity index (χ1) is 4.33. The molecule has 0 fully saturated rings. The van der Waals surface area contributed by atoms with Crippen LogP contribution in [0, 0.1) is 0 Å². The van der Waals surface area contributed by atoms with Crippen molar-refractivity contribution in [1.29, 1.82) is 0 Å². The van der Waals surface area contributed by atoms with E-state index in [-0.39, 0.29) is 0 Å². The Hall–Kier alpha value is -0.100. The van der Waals surface area contributed by atoms with Crippen LogP contribution in [0.5, 0.6) is 0 Å². The van der Waals surface area contributed by atoms with Crippen LogP contribution in [-0.4, -0.2) is 18.4 Å². The molecule has 0 aromatic carbocycles. The van der Waals surface area contributed by atoms with Gasteiger partial charge in [0.2, 0.25) is 5.63 Å². The summed E-state index contributed by atoms with van der Waals surface area (Å²) in [7, 11) is 0. The Kier molecular flexibility index (Phi) is 3.30. The van der Waals surface area contributed by atoms with Gasteiger partial charge in [-0.15, -0.1) is 13.2 Å². The maximum atomic E-state index is 11.6. The van der Waals surface area contributed by atoms with E-state index >= 15 is 0 Å². The van der Waals surface area contributed by atoms with E-state index in [0.717, 1.165) is 0 Å². The van der Waals surface area contributed by atoms with Crippen molar-refractivity contribution in [1.82, 2.24) is 0 Å². The first-order valence-electron chi connectivity index (χ1n) is 1.99. The van der Waals surface area contributed by atoms with Crippen molar-refractivity contribution >= 4 is 11.6 Å². The molecule has 0 saturated heterocycles. The highest BCUT2D eigenvalue weighted by Crippen LogP contribution is 2.22. The molecule has 1 nitrogen and oxygen atoms in total. The molecule has 62 valence electrons. The van der Waals surface area contributed by atoms with Gasteiger partial charge in [0, 0.05) is 0 Å². The van der Waals surface area contributed by atoms with Gasteiger partial charge in [-0.25, -0.2) is 8.78 Å². The van der Waals surface area contributed by atoms with Crippen LogP contribution >= 0.6 is 11.6 Å². The number of ether oxygens (including phenoxy) is 1. The molecule has 2 unspecified atom stereocenters. The van der Waals surface area contributed by atoms with E-state index in [4.69, 9.17) is 0 Å². The lowest BCUT2D eigenvalue weighted by Gasteiger charge is -2.10. The minimum absolute atomic E-state index is 2.53. The van der Waals surface area contributed by atoms with Gasteiger partial charge in [0.05, 0.1) is 0 Å². The first kappa shape index (κ1) is 9.90. The van der Waals surface area contributed by atoms with E-state index in [2.05, 4.69) is 16.3 Å². The molecule has 0 aliphatic heterocycles. The lowest BCUT2D eigenvalue weighted by Crippen LogP contribution is -2.25. The molecule has 0 radical (unpaired) electrons. The monoisotopic (exact) mass is 184 g/mol. The third kappa shape index (κ3) is 4.75. The summed E-state index contributed by atoms with van der Waals surface area (Å²) in [4.78, 5) is 0. The van der Waals surface area contributed by atoms with E-state index in [1.54, 1.807) is 0 Å². The van der Waals surface area contributed by atoms with Crippen LogP contribution in [0.25, 0.3) is 0 Å². The number of hydrogen-bond acceptors (Lipinski definition) is 1. The molecule has 0 aliphatic rings. The fraction of sp³-hybridized carbons (Fsp3) is 1.00. The summed E-state index contributed by atoms with van der Waals surface area (Å²) in [6.45, 7) is 0. The van der Waals surface area contributed by atoms with Crippen molar-refractivity contribution in [2.24, 2.45) is 0 Å². The number of halogens is 6. The van der Waals surface area contributed by atoms with Gasteiger partial charge in [0.15, 0.2) is 0 Å². The van der Waals surface area contributed by atoms with Gasteiger partial charge < -0.3 is 0 Å². The van der Waals surface area contributed by atoms with Crippen LogP contribution in [0.4, 0.5) is 22.0 Å². The summed E-state index contributed by atoms with van der Waals surface area (Å²) in [5, 5.41) is 0. The van der Waals surface area contributed by atoms with Crippen LogP contribution in [0.1, 0.15) is 0 Å². The van der Waals surface area contributed by atoms with Gasteiger partial charge in [0.25, 0.3) is 6.36 Å². The molecular weight excluding hydrogens is 182 g/mol. The number of rotatable bonds is 2. The molecule has 0 N–H and O–H groups in total. The van der Waals surface area contributed by atoms with Crippen LogP contribution < -0.4 is 0 Å². The van der Waals surface area contributed by atoms with Crippen molar-refractivity contribution in [3.05, 3.63) is 0 Å². The zero-order valence-corrected chi connectivity index (χ0v) is 5.09. The van der Waals surface area contributed by atoms with Crippen LogP contribution in [-0.2, 0) is 4.74 Å². The highest BCUT2D eigenvalue weighted by molar-refractivity contribution is 6.19. The molecule has 0 saturated carbocycles. The molecule has 0 aromatic rings. The first-order valence-corrected chi connectivity index (χ1v) is 2.43. The predicted molar refractivity (Wildman–Crippen MR) is 22.8 cm³/mol. The summed E-state index contributed by atoms with van der Waals surface area (Å²) in [6, 6.07) is 0. The Morgan fingerprint density at radius 2 is 1.60 bits per heavy atom. The van der Waals surface area contributed by atoms with Crippen LogP contribution in [0.15, 0.2) is 0 Å².